The number of benzene rings is 3. The molecule has 0 fully saturated rings. The van der Waals surface area contributed by atoms with Crippen molar-refractivity contribution < 1.29 is 37.0 Å². The van der Waals surface area contributed by atoms with Crippen molar-refractivity contribution >= 4 is 11.9 Å². The highest BCUT2D eigenvalue weighted by Crippen LogP contribution is 2.32. The summed E-state index contributed by atoms with van der Waals surface area (Å²) in [4.78, 5) is 22.2. The van der Waals surface area contributed by atoms with Crippen molar-refractivity contribution in [1.29, 1.82) is 0 Å². The largest absolute Gasteiger partial charge is 0.462 e. The molecule has 0 aliphatic carbocycles. The van der Waals surface area contributed by atoms with Crippen LogP contribution in [0.3, 0.4) is 0 Å². The fourth-order valence-corrected chi connectivity index (χ4v) is 2.87. The van der Waals surface area contributed by atoms with Gasteiger partial charge >= 0.3 is 11.9 Å². The highest BCUT2D eigenvalue weighted by atomic mass is 19.1. The molecular formula is C26H17F3O5. The third kappa shape index (κ3) is 5.80. The molecule has 8 heteroatoms. The molecule has 34 heavy (non-hydrogen) atoms. The maximum Gasteiger partial charge on any atom is 0.335 e. The lowest BCUT2D eigenvalue weighted by atomic mass is 9.99. The lowest BCUT2D eigenvalue weighted by molar-refractivity contribution is -0.132. The van der Waals surface area contributed by atoms with Gasteiger partial charge in [0.05, 0.1) is 0 Å². The Morgan fingerprint density at radius 1 is 0.706 bits per heavy atom. The van der Waals surface area contributed by atoms with E-state index < -0.39 is 29.4 Å². The van der Waals surface area contributed by atoms with Crippen molar-refractivity contribution in [2.24, 2.45) is 0 Å². The Labute approximate surface area is 193 Å². The second-order valence-electron chi connectivity index (χ2n) is 6.64. The van der Waals surface area contributed by atoms with Crippen molar-refractivity contribution in [1.82, 2.24) is 0 Å². The quantitative estimate of drug-likeness (QED) is 0.174. The summed E-state index contributed by atoms with van der Waals surface area (Å²) in [6, 6.07) is 11.5. The second kappa shape index (κ2) is 10.8. The van der Waals surface area contributed by atoms with Gasteiger partial charge < -0.3 is 14.2 Å². The van der Waals surface area contributed by atoms with Crippen LogP contribution >= 0.6 is 0 Å². The van der Waals surface area contributed by atoms with Crippen LogP contribution in [0.2, 0.25) is 0 Å². The number of esters is 2. The highest BCUT2D eigenvalue weighted by Gasteiger charge is 2.14. The Hall–Kier alpha value is -4.59. The van der Waals surface area contributed by atoms with Crippen molar-refractivity contribution in [3.63, 3.8) is 0 Å². The molecule has 0 amide bonds. The zero-order valence-electron chi connectivity index (χ0n) is 17.6. The van der Waals surface area contributed by atoms with Crippen LogP contribution in [0.4, 0.5) is 13.2 Å². The van der Waals surface area contributed by atoms with Gasteiger partial charge in [0, 0.05) is 29.3 Å². The fourth-order valence-electron chi connectivity index (χ4n) is 2.87. The first kappa shape index (κ1) is 24.1. The molecule has 0 spiro atoms. The first-order valence-electron chi connectivity index (χ1n) is 9.70. The van der Waals surface area contributed by atoms with Gasteiger partial charge in [-0.25, -0.2) is 22.8 Å². The van der Waals surface area contributed by atoms with Crippen molar-refractivity contribution in [3.05, 3.63) is 110 Å². The Balaban J connectivity index is 1.79. The molecular weight excluding hydrogens is 449 g/mol. The zero-order valence-corrected chi connectivity index (χ0v) is 17.6. The van der Waals surface area contributed by atoms with Gasteiger partial charge in [-0.3, -0.25) is 0 Å². The van der Waals surface area contributed by atoms with Gasteiger partial charge in [-0.15, -0.1) is 0 Å². The van der Waals surface area contributed by atoms with Crippen LogP contribution in [-0.2, 0) is 14.3 Å². The summed E-state index contributed by atoms with van der Waals surface area (Å²) in [6.07, 6.45) is 3.88. The van der Waals surface area contributed by atoms with Gasteiger partial charge in [-0.05, 0) is 41.5 Å². The van der Waals surface area contributed by atoms with E-state index in [1.165, 1.54) is 36.4 Å². The minimum absolute atomic E-state index is 0.0730. The maximum absolute atomic E-state index is 14.8. The van der Waals surface area contributed by atoms with E-state index in [0.29, 0.717) is 0 Å². The van der Waals surface area contributed by atoms with E-state index in [2.05, 4.69) is 17.9 Å². The van der Waals surface area contributed by atoms with E-state index >= 15 is 0 Å². The third-order valence-electron chi connectivity index (χ3n) is 4.45. The first-order chi connectivity index (χ1) is 16.3. The van der Waals surface area contributed by atoms with Gasteiger partial charge in [0.25, 0.3) is 0 Å². The number of ether oxygens (including phenoxy) is 3. The van der Waals surface area contributed by atoms with E-state index in [1.54, 1.807) is 0 Å². The Bertz CT molecular complexity index is 1300. The summed E-state index contributed by atoms with van der Waals surface area (Å²) in [5.41, 5.74) is 0.632. The molecule has 0 atom stereocenters. The summed E-state index contributed by atoms with van der Waals surface area (Å²) in [5.74, 6) is -3.94. The predicted molar refractivity (Wildman–Crippen MR) is 119 cm³/mol. The normalized spacial score (nSPS) is 10.6. The average molecular weight is 466 g/mol. The molecule has 3 aromatic carbocycles. The lowest BCUT2D eigenvalue weighted by Gasteiger charge is -2.10. The molecule has 5 nitrogen and oxygen atoms in total. The van der Waals surface area contributed by atoms with Crippen LogP contribution in [0.15, 0.2) is 92.4 Å². The highest BCUT2D eigenvalue weighted by molar-refractivity contribution is 5.83. The van der Waals surface area contributed by atoms with Gasteiger partial charge in [-0.1, -0.05) is 31.4 Å². The van der Waals surface area contributed by atoms with Crippen molar-refractivity contribution in [3.8, 4) is 33.8 Å². The van der Waals surface area contributed by atoms with Gasteiger partial charge in [0.2, 0.25) is 0 Å². The number of carbonyl (C=O) groups excluding carboxylic acids is 2. The van der Waals surface area contributed by atoms with Crippen molar-refractivity contribution in [2.75, 3.05) is 0 Å². The number of hydrogen-bond acceptors (Lipinski definition) is 5. The summed E-state index contributed by atoms with van der Waals surface area (Å²) in [6.45, 7) is 6.46. The molecule has 0 aliphatic rings. The maximum atomic E-state index is 14.8. The standard InChI is InChI=1S/C26H17F3O5/c1-3-25(30)33-12-11-32-18-7-9-20(22(28)15-18)16-5-8-19(21(27)13-16)17-6-10-24(23(29)14-17)34-26(31)4-2/h3-15H,1-2H2. The van der Waals surface area contributed by atoms with Crippen molar-refractivity contribution in [2.45, 2.75) is 0 Å². The first-order valence-corrected chi connectivity index (χ1v) is 9.70. The minimum Gasteiger partial charge on any atom is -0.462 e. The molecule has 0 N–H and O–H groups in total. The molecule has 0 aromatic heterocycles. The molecule has 0 radical (unpaired) electrons. The number of rotatable bonds is 8. The molecule has 0 bridgehead atoms. The third-order valence-corrected chi connectivity index (χ3v) is 4.45. The monoisotopic (exact) mass is 466 g/mol. The SMILES string of the molecule is C=CC(=O)OC=COc1ccc(-c2ccc(-c3ccc(OC(=O)C=C)c(F)c3)c(F)c2)c(F)c1. The van der Waals surface area contributed by atoms with Gasteiger partial charge in [0.15, 0.2) is 11.6 Å². The van der Waals surface area contributed by atoms with Crippen LogP contribution in [0.5, 0.6) is 11.5 Å². The molecule has 172 valence electrons. The fraction of sp³-hybridized carbons (Fsp3) is 0. The van der Waals surface area contributed by atoms with E-state index in [-0.39, 0.29) is 33.8 Å². The molecule has 0 heterocycles. The Morgan fingerprint density at radius 2 is 1.29 bits per heavy atom. The minimum atomic E-state index is -0.855. The van der Waals surface area contributed by atoms with Crippen LogP contribution < -0.4 is 9.47 Å². The second-order valence-corrected chi connectivity index (χ2v) is 6.64. The zero-order chi connectivity index (χ0) is 24.7. The van der Waals surface area contributed by atoms with Gasteiger partial charge in [-0.2, -0.15) is 0 Å². The molecule has 0 saturated heterocycles. The summed E-state index contributed by atoms with van der Waals surface area (Å²) < 4.78 is 58.1. The summed E-state index contributed by atoms with van der Waals surface area (Å²) in [7, 11) is 0. The Morgan fingerprint density at radius 3 is 1.88 bits per heavy atom. The summed E-state index contributed by atoms with van der Waals surface area (Å²) in [5, 5.41) is 0. The van der Waals surface area contributed by atoms with Crippen LogP contribution in [0, 0.1) is 17.5 Å². The summed E-state index contributed by atoms with van der Waals surface area (Å²) >= 11 is 0. The molecule has 0 saturated carbocycles. The number of carbonyl (C=O) groups is 2. The Kier molecular flexibility index (Phi) is 7.66. The lowest BCUT2D eigenvalue weighted by Crippen LogP contribution is -2.04. The molecule has 0 unspecified atom stereocenters. The van der Waals surface area contributed by atoms with E-state index in [4.69, 9.17) is 9.47 Å². The van der Waals surface area contributed by atoms with Gasteiger partial charge in [0.1, 0.15) is 29.9 Å². The topological polar surface area (TPSA) is 61.8 Å². The van der Waals surface area contributed by atoms with Crippen LogP contribution in [-0.4, -0.2) is 11.9 Å². The number of halogens is 3. The van der Waals surface area contributed by atoms with Crippen LogP contribution in [0.1, 0.15) is 0 Å². The molecule has 3 rings (SSSR count). The van der Waals surface area contributed by atoms with E-state index in [9.17, 15) is 22.8 Å². The molecule has 0 aliphatic heterocycles. The average Bonchev–Trinajstić information content (AvgIpc) is 2.82. The van der Waals surface area contributed by atoms with E-state index in [1.807, 2.05) is 0 Å². The number of hydrogen-bond donors (Lipinski definition) is 0. The molecule has 3 aromatic rings. The smallest absolute Gasteiger partial charge is 0.335 e. The predicted octanol–water partition coefficient (Wildman–Crippen LogP) is 6.11. The van der Waals surface area contributed by atoms with Crippen LogP contribution in [0.25, 0.3) is 22.3 Å². The van der Waals surface area contributed by atoms with E-state index in [0.717, 1.165) is 42.9 Å².